The first-order valence-corrected chi connectivity index (χ1v) is 13.4. The molecule has 0 saturated heterocycles. The Kier molecular flexibility index (Phi) is 22.0. The van der Waals surface area contributed by atoms with E-state index in [1.54, 1.807) is 20.3 Å². The molecule has 2 nitrogen and oxygen atoms in total. The molecular weight excluding hydrogens is 416 g/mol. The Morgan fingerprint density at radius 2 is 1.39 bits per heavy atom. The molecular formula is C27H42N2S2. The second-order valence-electron chi connectivity index (χ2n) is 7.07. The molecule has 0 aliphatic carbocycles. The van der Waals surface area contributed by atoms with Crippen LogP contribution in [0.3, 0.4) is 0 Å². The molecule has 2 rings (SSSR count). The SMILES string of the molecule is C=NC.CC=NC.CCCCCC(CCSCc1ccccc1)SCc1ccccc1. The average Bonchev–Trinajstić information content (AvgIpc) is 2.82. The van der Waals surface area contributed by atoms with Gasteiger partial charge in [0.15, 0.2) is 0 Å². The summed E-state index contributed by atoms with van der Waals surface area (Å²) in [4.78, 5) is 6.86. The summed E-state index contributed by atoms with van der Waals surface area (Å²) in [6.07, 6.45) is 8.53. The molecule has 0 N–H and O–H groups in total. The highest BCUT2D eigenvalue weighted by Gasteiger charge is 2.09. The van der Waals surface area contributed by atoms with Gasteiger partial charge in [0.2, 0.25) is 0 Å². The maximum absolute atomic E-state index is 3.61. The van der Waals surface area contributed by atoms with Crippen LogP contribution >= 0.6 is 23.5 Å². The third-order valence-corrected chi connectivity index (χ3v) is 6.92. The molecule has 0 bridgehead atoms. The van der Waals surface area contributed by atoms with Gasteiger partial charge in [0.1, 0.15) is 0 Å². The molecule has 1 unspecified atom stereocenters. The molecule has 172 valence electrons. The first-order valence-electron chi connectivity index (χ1n) is 11.2. The van der Waals surface area contributed by atoms with E-state index in [1.807, 2.05) is 6.92 Å². The highest BCUT2D eigenvalue weighted by atomic mass is 32.2. The van der Waals surface area contributed by atoms with Gasteiger partial charge in [-0.05, 0) is 49.6 Å². The monoisotopic (exact) mass is 458 g/mol. The van der Waals surface area contributed by atoms with Crippen LogP contribution in [0.25, 0.3) is 0 Å². The first-order chi connectivity index (χ1) is 15.2. The molecule has 2 aromatic rings. The van der Waals surface area contributed by atoms with E-state index < -0.39 is 0 Å². The van der Waals surface area contributed by atoms with Gasteiger partial charge in [-0.1, -0.05) is 86.8 Å². The van der Waals surface area contributed by atoms with Gasteiger partial charge in [0.05, 0.1) is 0 Å². The van der Waals surface area contributed by atoms with Gasteiger partial charge in [0.25, 0.3) is 0 Å². The summed E-state index contributed by atoms with van der Waals surface area (Å²) in [5, 5.41) is 0.806. The van der Waals surface area contributed by atoms with Crippen molar-refractivity contribution >= 4 is 36.5 Å². The van der Waals surface area contributed by atoms with Crippen molar-refractivity contribution in [3.63, 3.8) is 0 Å². The minimum atomic E-state index is 0.806. The molecule has 0 aliphatic rings. The summed E-state index contributed by atoms with van der Waals surface area (Å²) in [6, 6.07) is 21.7. The summed E-state index contributed by atoms with van der Waals surface area (Å²) in [5.41, 5.74) is 2.90. The number of benzene rings is 2. The number of hydrogen-bond acceptors (Lipinski definition) is 4. The zero-order valence-electron chi connectivity index (χ0n) is 20.0. The standard InChI is InChI=1S/C22H30S2.C3H7N.C2H5N/c1-2-3-6-15-22(24-19-21-13-9-5-10-14-21)16-17-23-18-20-11-7-4-8-12-20;1-3-4-2;1-3-2/h4-5,7-14,22H,2-3,6,15-19H2,1H3;3H,1-2H3;1H2,2H3. The molecule has 0 saturated carbocycles. The van der Waals surface area contributed by atoms with Gasteiger partial charge in [0, 0.05) is 30.9 Å². The van der Waals surface area contributed by atoms with Crippen LogP contribution in [0.4, 0.5) is 0 Å². The number of aliphatic imine (C=N–C) groups is 2. The van der Waals surface area contributed by atoms with Crippen molar-refractivity contribution in [2.24, 2.45) is 9.98 Å². The Bertz CT molecular complexity index is 641. The summed E-state index contributed by atoms with van der Waals surface area (Å²) in [5.74, 6) is 3.57. The third-order valence-electron chi connectivity index (χ3n) is 4.41. The van der Waals surface area contributed by atoms with Gasteiger partial charge in [-0.2, -0.15) is 23.5 Å². The number of unbranched alkanes of at least 4 members (excludes halogenated alkanes) is 2. The zero-order valence-corrected chi connectivity index (χ0v) is 21.6. The zero-order chi connectivity index (χ0) is 23.0. The summed E-state index contributed by atoms with van der Waals surface area (Å²) in [7, 11) is 3.39. The van der Waals surface area contributed by atoms with Crippen molar-refractivity contribution in [2.45, 2.75) is 62.7 Å². The predicted molar refractivity (Wildman–Crippen MR) is 148 cm³/mol. The van der Waals surface area contributed by atoms with Gasteiger partial charge in [-0.25, -0.2) is 0 Å². The van der Waals surface area contributed by atoms with Crippen molar-refractivity contribution in [1.82, 2.24) is 0 Å². The molecule has 2 aromatic carbocycles. The Morgan fingerprint density at radius 3 is 1.87 bits per heavy atom. The van der Waals surface area contributed by atoms with E-state index in [1.165, 1.54) is 49.0 Å². The lowest BCUT2D eigenvalue weighted by molar-refractivity contribution is 0.637. The lowest BCUT2D eigenvalue weighted by atomic mass is 10.1. The molecule has 0 heterocycles. The van der Waals surface area contributed by atoms with Crippen molar-refractivity contribution in [1.29, 1.82) is 0 Å². The van der Waals surface area contributed by atoms with E-state index in [2.05, 4.69) is 108 Å². The molecule has 4 heteroatoms. The highest BCUT2D eigenvalue weighted by molar-refractivity contribution is 7.99. The second kappa shape index (κ2) is 23.1. The largest absolute Gasteiger partial charge is 0.304 e. The predicted octanol–water partition coefficient (Wildman–Crippen LogP) is 8.22. The molecule has 0 spiro atoms. The maximum atomic E-state index is 3.61. The Balaban J connectivity index is 0.00000113. The van der Waals surface area contributed by atoms with Crippen LogP contribution < -0.4 is 0 Å². The lowest BCUT2D eigenvalue weighted by Gasteiger charge is -2.16. The number of rotatable bonds is 12. The fourth-order valence-electron chi connectivity index (χ4n) is 2.70. The first kappa shape index (κ1) is 29.5. The summed E-state index contributed by atoms with van der Waals surface area (Å²) < 4.78 is 0. The molecule has 1 atom stereocenters. The molecule has 0 radical (unpaired) electrons. The lowest BCUT2D eigenvalue weighted by Crippen LogP contribution is -2.05. The quantitative estimate of drug-likeness (QED) is 0.236. The Labute approximate surface area is 200 Å². The summed E-state index contributed by atoms with van der Waals surface area (Å²) in [6.45, 7) is 7.29. The van der Waals surface area contributed by atoms with Crippen LogP contribution in [0.1, 0.15) is 57.1 Å². The van der Waals surface area contributed by atoms with Gasteiger partial charge in [-0.3, -0.25) is 0 Å². The van der Waals surface area contributed by atoms with Crippen LogP contribution in [-0.2, 0) is 11.5 Å². The molecule has 0 aromatic heterocycles. The molecule has 0 amide bonds. The average molecular weight is 459 g/mol. The van der Waals surface area contributed by atoms with Crippen molar-refractivity contribution in [3.8, 4) is 0 Å². The van der Waals surface area contributed by atoms with Crippen LogP contribution in [0.2, 0.25) is 0 Å². The van der Waals surface area contributed by atoms with Crippen LogP contribution in [0.5, 0.6) is 0 Å². The maximum Gasteiger partial charge on any atom is 0.0273 e. The second-order valence-corrected chi connectivity index (χ2v) is 9.47. The van der Waals surface area contributed by atoms with Gasteiger partial charge in [-0.15, -0.1) is 0 Å². The fourth-order valence-corrected chi connectivity index (χ4v) is 5.11. The van der Waals surface area contributed by atoms with E-state index in [0.29, 0.717) is 0 Å². The molecule has 0 aliphatic heterocycles. The van der Waals surface area contributed by atoms with Gasteiger partial charge < -0.3 is 9.98 Å². The number of thioether (sulfide) groups is 2. The van der Waals surface area contributed by atoms with E-state index in [9.17, 15) is 0 Å². The van der Waals surface area contributed by atoms with Crippen LogP contribution in [0, 0.1) is 0 Å². The fraction of sp³-hybridized carbons (Fsp3) is 0.481. The van der Waals surface area contributed by atoms with E-state index in [-0.39, 0.29) is 0 Å². The van der Waals surface area contributed by atoms with E-state index in [0.717, 1.165) is 16.8 Å². The van der Waals surface area contributed by atoms with E-state index in [4.69, 9.17) is 0 Å². The Morgan fingerprint density at radius 1 is 0.871 bits per heavy atom. The number of nitrogens with zero attached hydrogens (tertiary/aromatic N) is 2. The highest BCUT2D eigenvalue weighted by Crippen LogP contribution is 2.27. The van der Waals surface area contributed by atoms with E-state index >= 15 is 0 Å². The molecule has 31 heavy (non-hydrogen) atoms. The molecule has 0 fully saturated rings. The normalized spacial score (nSPS) is 11.1. The van der Waals surface area contributed by atoms with Crippen molar-refractivity contribution in [3.05, 3.63) is 71.8 Å². The minimum absolute atomic E-state index is 0.806. The van der Waals surface area contributed by atoms with Crippen molar-refractivity contribution in [2.75, 3.05) is 19.8 Å². The van der Waals surface area contributed by atoms with Crippen LogP contribution in [0.15, 0.2) is 70.6 Å². The van der Waals surface area contributed by atoms with Crippen LogP contribution in [-0.4, -0.2) is 38.0 Å². The summed E-state index contributed by atoms with van der Waals surface area (Å²) >= 11 is 4.24. The third kappa shape index (κ3) is 18.9. The Hall–Kier alpha value is -1.52. The van der Waals surface area contributed by atoms with Gasteiger partial charge >= 0.3 is 0 Å². The minimum Gasteiger partial charge on any atom is -0.304 e. The van der Waals surface area contributed by atoms with Crippen molar-refractivity contribution < 1.29 is 0 Å². The number of hydrogen-bond donors (Lipinski definition) is 0. The smallest absolute Gasteiger partial charge is 0.0273 e. The topological polar surface area (TPSA) is 24.7 Å².